The molecule has 0 saturated carbocycles. The Kier molecular flexibility index (Phi) is 5.98. The highest BCUT2D eigenvalue weighted by Crippen LogP contribution is 2.33. The highest BCUT2D eigenvalue weighted by Gasteiger charge is 2.31. The Hall–Kier alpha value is -2.48. The maximum absolute atomic E-state index is 12.2. The molecule has 1 saturated heterocycles. The van der Waals surface area contributed by atoms with Gasteiger partial charge in [0.25, 0.3) is 5.69 Å². The van der Waals surface area contributed by atoms with Crippen molar-refractivity contribution in [3.63, 3.8) is 0 Å². The van der Waals surface area contributed by atoms with Gasteiger partial charge in [-0.15, -0.1) is 13.2 Å². The molecule has 1 aliphatic heterocycles. The molecule has 1 aliphatic rings. The van der Waals surface area contributed by atoms with E-state index in [1.54, 1.807) is 18.2 Å². The second-order valence-electron chi connectivity index (χ2n) is 6.72. The Bertz CT molecular complexity index is 835. The van der Waals surface area contributed by atoms with Crippen LogP contribution in [0.3, 0.4) is 0 Å². The van der Waals surface area contributed by atoms with Gasteiger partial charge >= 0.3 is 6.36 Å². The number of non-ortho nitro benzene ring substituents is 1. The topological polar surface area (TPSA) is 55.6 Å². The van der Waals surface area contributed by atoms with E-state index in [0.717, 1.165) is 43.6 Å². The molecule has 0 radical (unpaired) electrons. The number of nitrogens with zero attached hydrogens (tertiary/aromatic N) is 2. The van der Waals surface area contributed by atoms with Gasteiger partial charge in [-0.3, -0.25) is 10.1 Å². The smallest absolute Gasteiger partial charge is 0.406 e. The van der Waals surface area contributed by atoms with Gasteiger partial charge in [-0.1, -0.05) is 23.7 Å². The van der Waals surface area contributed by atoms with E-state index in [1.165, 1.54) is 24.3 Å². The molecule has 9 heteroatoms. The standard InChI is InChI=1S/C19H18ClF3N2O3/c20-17-12-15(25(26)27)3-6-18(17)24-9-7-14(8-10-24)11-13-1-4-16(5-2-13)28-19(21,22)23/h1-6,12,14H,7-11H2. The molecular weight excluding hydrogens is 397 g/mol. The SMILES string of the molecule is O=[N+]([O-])c1ccc(N2CCC(Cc3ccc(OC(F)(F)F)cc3)CC2)c(Cl)c1. The lowest BCUT2D eigenvalue weighted by Gasteiger charge is -2.34. The van der Waals surface area contributed by atoms with Crippen molar-refractivity contribution in [2.75, 3.05) is 18.0 Å². The zero-order chi connectivity index (χ0) is 20.3. The molecule has 0 bridgehead atoms. The van der Waals surface area contributed by atoms with Gasteiger partial charge < -0.3 is 9.64 Å². The summed E-state index contributed by atoms with van der Waals surface area (Å²) in [7, 11) is 0. The van der Waals surface area contributed by atoms with Crippen LogP contribution in [0.25, 0.3) is 0 Å². The summed E-state index contributed by atoms with van der Waals surface area (Å²) in [5, 5.41) is 11.2. The third-order valence-electron chi connectivity index (χ3n) is 4.78. The average Bonchev–Trinajstić information content (AvgIpc) is 2.63. The van der Waals surface area contributed by atoms with Crippen molar-refractivity contribution in [3.05, 3.63) is 63.2 Å². The number of benzene rings is 2. The molecule has 0 unspecified atom stereocenters. The second-order valence-corrected chi connectivity index (χ2v) is 7.13. The van der Waals surface area contributed by atoms with Crippen molar-refractivity contribution in [2.45, 2.75) is 25.6 Å². The van der Waals surface area contributed by atoms with E-state index in [1.807, 2.05) is 0 Å². The zero-order valence-electron chi connectivity index (χ0n) is 14.8. The van der Waals surface area contributed by atoms with Gasteiger partial charge in [-0.05, 0) is 48.9 Å². The number of halogens is 4. The number of alkyl halides is 3. The molecule has 1 heterocycles. The van der Waals surface area contributed by atoms with E-state index in [9.17, 15) is 23.3 Å². The predicted molar refractivity (Wildman–Crippen MR) is 99.9 cm³/mol. The van der Waals surface area contributed by atoms with Crippen molar-refractivity contribution >= 4 is 23.0 Å². The predicted octanol–water partition coefficient (Wildman–Crippen LogP) is 5.61. The number of nitro benzene ring substituents is 1. The maximum Gasteiger partial charge on any atom is 0.573 e. The quantitative estimate of drug-likeness (QED) is 0.471. The van der Waals surface area contributed by atoms with Gasteiger partial charge in [0.2, 0.25) is 0 Å². The van der Waals surface area contributed by atoms with E-state index >= 15 is 0 Å². The molecule has 2 aromatic carbocycles. The van der Waals surface area contributed by atoms with Gasteiger partial charge in [0.1, 0.15) is 5.75 Å². The third-order valence-corrected chi connectivity index (χ3v) is 5.08. The number of nitro groups is 1. The molecule has 0 atom stereocenters. The molecule has 0 aliphatic carbocycles. The summed E-state index contributed by atoms with van der Waals surface area (Å²) in [5.74, 6) is 0.182. The van der Waals surface area contributed by atoms with Gasteiger partial charge in [0.15, 0.2) is 0 Å². The molecule has 1 fully saturated rings. The lowest BCUT2D eigenvalue weighted by Crippen LogP contribution is -2.34. The first kappa shape index (κ1) is 20.3. The summed E-state index contributed by atoms with van der Waals surface area (Å²) in [6, 6.07) is 10.4. The largest absolute Gasteiger partial charge is 0.573 e. The Morgan fingerprint density at radius 2 is 1.79 bits per heavy atom. The van der Waals surface area contributed by atoms with E-state index in [-0.39, 0.29) is 11.4 Å². The number of anilines is 1. The summed E-state index contributed by atoms with van der Waals surface area (Å²) in [4.78, 5) is 12.4. The Morgan fingerprint density at radius 1 is 1.14 bits per heavy atom. The molecule has 3 rings (SSSR count). The molecule has 2 aromatic rings. The van der Waals surface area contributed by atoms with Crippen LogP contribution in [-0.4, -0.2) is 24.4 Å². The zero-order valence-corrected chi connectivity index (χ0v) is 15.5. The maximum atomic E-state index is 12.2. The lowest BCUT2D eigenvalue weighted by molar-refractivity contribution is -0.384. The minimum Gasteiger partial charge on any atom is -0.406 e. The van der Waals surface area contributed by atoms with Crippen LogP contribution in [0.2, 0.25) is 5.02 Å². The van der Waals surface area contributed by atoms with Crippen LogP contribution in [0.1, 0.15) is 18.4 Å². The van der Waals surface area contributed by atoms with Gasteiger partial charge in [0, 0.05) is 25.2 Å². The molecule has 0 N–H and O–H groups in total. The second kappa shape index (κ2) is 8.26. The fourth-order valence-electron chi connectivity index (χ4n) is 3.40. The fourth-order valence-corrected chi connectivity index (χ4v) is 3.70. The van der Waals surface area contributed by atoms with Crippen molar-refractivity contribution < 1.29 is 22.8 Å². The first-order chi connectivity index (χ1) is 13.2. The summed E-state index contributed by atoms with van der Waals surface area (Å²) in [6.07, 6.45) is -2.12. The van der Waals surface area contributed by atoms with Crippen molar-refractivity contribution in [3.8, 4) is 5.75 Å². The van der Waals surface area contributed by atoms with Crippen molar-refractivity contribution in [1.29, 1.82) is 0 Å². The minimum atomic E-state index is -4.69. The molecule has 0 aromatic heterocycles. The van der Waals surface area contributed by atoms with Crippen LogP contribution in [0.5, 0.6) is 5.75 Å². The third kappa shape index (κ3) is 5.28. The lowest BCUT2D eigenvalue weighted by atomic mass is 9.90. The number of ether oxygens (including phenoxy) is 1. The monoisotopic (exact) mass is 414 g/mol. The van der Waals surface area contributed by atoms with Crippen molar-refractivity contribution in [1.82, 2.24) is 0 Å². The van der Waals surface area contributed by atoms with E-state index in [2.05, 4.69) is 9.64 Å². The fraction of sp³-hybridized carbons (Fsp3) is 0.368. The number of rotatable bonds is 5. The Labute approximate surface area is 164 Å². The Morgan fingerprint density at radius 3 is 2.32 bits per heavy atom. The Balaban J connectivity index is 1.55. The first-order valence-electron chi connectivity index (χ1n) is 8.75. The van der Waals surface area contributed by atoms with Crippen LogP contribution >= 0.6 is 11.6 Å². The van der Waals surface area contributed by atoms with Crippen LogP contribution < -0.4 is 9.64 Å². The normalized spacial score (nSPS) is 15.5. The molecule has 150 valence electrons. The molecule has 0 amide bonds. The highest BCUT2D eigenvalue weighted by molar-refractivity contribution is 6.33. The van der Waals surface area contributed by atoms with Crippen LogP contribution in [0.15, 0.2) is 42.5 Å². The summed E-state index contributed by atoms with van der Waals surface area (Å²) < 4.78 is 40.5. The number of piperidine rings is 1. The average molecular weight is 415 g/mol. The van der Waals surface area contributed by atoms with E-state index < -0.39 is 11.3 Å². The van der Waals surface area contributed by atoms with Crippen LogP contribution in [0, 0.1) is 16.0 Å². The number of hydrogen-bond acceptors (Lipinski definition) is 4. The van der Waals surface area contributed by atoms with Gasteiger partial charge in [-0.2, -0.15) is 0 Å². The van der Waals surface area contributed by atoms with Gasteiger partial charge in [-0.25, -0.2) is 0 Å². The van der Waals surface area contributed by atoms with Crippen LogP contribution in [0.4, 0.5) is 24.5 Å². The summed E-state index contributed by atoms with van der Waals surface area (Å²) in [5.41, 5.74) is 1.70. The van der Waals surface area contributed by atoms with Crippen molar-refractivity contribution in [2.24, 2.45) is 5.92 Å². The minimum absolute atomic E-state index is 0.0402. The molecule has 28 heavy (non-hydrogen) atoms. The number of hydrogen-bond donors (Lipinski definition) is 0. The van der Waals surface area contributed by atoms with Gasteiger partial charge in [0.05, 0.1) is 15.6 Å². The van der Waals surface area contributed by atoms with E-state index in [4.69, 9.17) is 11.6 Å². The molecule has 5 nitrogen and oxygen atoms in total. The first-order valence-corrected chi connectivity index (χ1v) is 9.12. The summed E-state index contributed by atoms with van der Waals surface area (Å²) >= 11 is 6.20. The highest BCUT2D eigenvalue weighted by atomic mass is 35.5. The molecule has 0 spiro atoms. The van der Waals surface area contributed by atoms with Crippen LogP contribution in [-0.2, 0) is 6.42 Å². The van der Waals surface area contributed by atoms with E-state index in [0.29, 0.717) is 10.9 Å². The summed E-state index contributed by atoms with van der Waals surface area (Å²) in [6.45, 7) is 1.52. The molecular formula is C19H18ClF3N2O3.